The van der Waals surface area contributed by atoms with Crippen molar-refractivity contribution in [3.05, 3.63) is 29.3 Å². The molecule has 3 N–H and O–H groups in total. The van der Waals surface area contributed by atoms with Gasteiger partial charge in [-0.15, -0.1) is 0 Å². The third kappa shape index (κ3) is 2.30. The summed E-state index contributed by atoms with van der Waals surface area (Å²) in [6, 6.07) is 5.59. The van der Waals surface area contributed by atoms with Gasteiger partial charge in [-0.3, -0.25) is 5.41 Å². The van der Waals surface area contributed by atoms with Crippen LogP contribution >= 0.6 is 0 Å². The first-order valence-electron chi connectivity index (χ1n) is 5.86. The molecule has 0 saturated heterocycles. The van der Waals surface area contributed by atoms with Crippen LogP contribution in [0.3, 0.4) is 0 Å². The number of aliphatic imine (C=N–C) groups is 1. The maximum absolute atomic E-state index is 7.70. The SMILES string of the molecule is CCCC(C)Oc1ccc2c(c1)C(=N)N=C2N. The van der Waals surface area contributed by atoms with Crippen LogP contribution in [0.15, 0.2) is 23.2 Å². The molecule has 0 amide bonds. The minimum absolute atomic E-state index is 0.187. The van der Waals surface area contributed by atoms with Gasteiger partial charge < -0.3 is 10.5 Å². The molecule has 17 heavy (non-hydrogen) atoms. The number of nitrogens with one attached hydrogen (secondary N) is 1. The second kappa shape index (κ2) is 4.57. The Labute approximate surface area is 101 Å². The van der Waals surface area contributed by atoms with Crippen LogP contribution in [0.5, 0.6) is 5.75 Å². The Morgan fingerprint density at radius 1 is 1.41 bits per heavy atom. The maximum atomic E-state index is 7.70. The van der Waals surface area contributed by atoms with Crippen LogP contribution in [0, 0.1) is 5.41 Å². The summed E-state index contributed by atoms with van der Waals surface area (Å²) < 4.78 is 5.78. The highest BCUT2D eigenvalue weighted by atomic mass is 16.5. The molecule has 1 aromatic rings. The molecule has 1 atom stereocenters. The number of nitrogens with zero attached hydrogens (tertiary/aromatic N) is 1. The molecule has 1 heterocycles. The number of hydrogen-bond donors (Lipinski definition) is 2. The van der Waals surface area contributed by atoms with Crippen molar-refractivity contribution in [3.63, 3.8) is 0 Å². The minimum atomic E-state index is 0.187. The predicted molar refractivity (Wildman–Crippen MR) is 69.0 cm³/mol. The van der Waals surface area contributed by atoms with E-state index < -0.39 is 0 Å². The largest absolute Gasteiger partial charge is 0.491 e. The molecule has 4 nitrogen and oxygen atoms in total. The van der Waals surface area contributed by atoms with Gasteiger partial charge in [0.05, 0.1) is 6.10 Å². The number of fused-ring (bicyclic) bond motifs is 1. The van der Waals surface area contributed by atoms with Gasteiger partial charge in [0.15, 0.2) is 5.84 Å². The predicted octanol–water partition coefficient (Wildman–Crippen LogP) is 2.30. The van der Waals surface area contributed by atoms with Gasteiger partial charge in [0.1, 0.15) is 11.6 Å². The third-order valence-electron chi connectivity index (χ3n) is 2.79. The minimum Gasteiger partial charge on any atom is -0.491 e. The monoisotopic (exact) mass is 231 g/mol. The average molecular weight is 231 g/mol. The molecule has 2 rings (SSSR count). The second-order valence-electron chi connectivity index (χ2n) is 4.27. The van der Waals surface area contributed by atoms with Crippen LogP contribution in [0.25, 0.3) is 0 Å². The highest BCUT2D eigenvalue weighted by Crippen LogP contribution is 2.23. The van der Waals surface area contributed by atoms with E-state index in [1.54, 1.807) is 0 Å². The average Bonchev–Trinajstić information content (AvgIpc) is 2.55. The van der Waals surface area contributed by atoms with Crippen LogP contribution in [-0.4, -0.2) is 17.8 Å². The van der Waals surface area contributed by atoms with Gasteiger partial charge in [-0.05, 0) is 31.5 Å². The molecule has 0 bridgehead atoms. The molecule has 1 unspecified atom stereocenters. The number of rotatable bonds is 4. The van der Waals surface area contributed by atoms with Crippen LogP contribution in [-0.2, 0) is 0 Å². The molecule has 0 aliphatic carbocycles. The Hall–Kier alpha value is -1.84. The van der Waals surface area contributed by atoms with Crippen LogP contribution < -0.4 is 10.5 Å². The van der Waals surface area contributed by atoms with E-state index in [4.69, 9.17) is 15.9 Å². The molecule has 1 aliphatic heterocycles. The molecule has 1 aliphatic rings. The molecule has 0 fully saturated rings. The second-order valence-corrected chi connectivity index (χ2v) is 4.27. The van der Waals surface area contributed by atoms with Crippen molar-refractivity contribution in [1.82, 2.24) is 0 Å². The van der Waals surface area contributed by atoms with E-state index in [0.717, 1.165) is 29.7 Å². The first kappa shape index (κ1) is 11.6. The summed E-state index contributed by atoms with van der Waals surface area (Å²) in [7, 11) is 0. The number of benzene rings is 1. The summed E-state index contributed by atoms with van der Waals surface area (Å²) >= 11 is 0. The summed E-state index contributed by atoms with van der Waals surface area (Å²) in [4.78, 5) is 3.94. The van der Waals surface area contributed by atoms with E-state index in [0.29, 0.717) is 5.84 Å². The van der Waals surface area contributed by atoms with Gasteiger partial charge in [0.25, 0.3) is 0 Å². The van der Waals surface area contributed by atoms with Crippen molar-refractivity contribution >= 4 is 11.7 Å². The number of nitrogens with two attached hydrogens (primary N) is 1. The highest BCUT2D eigenvalue weighted by Gasteiger charge is 2.19. The topological polar surface area (TPSA) is 71.5 Å². The van der Waals surface area contributed by atoms with Crippen molar-refractivity contribution in [1.29, 1.82) is 5.41 Å². The van der Waals surface area contributed by atoms with Crippen LogP contribution in [0.4, 0.5) is 0 Å². The normalized spacial score (nSPS) is 15.4. The quantitative estimate of drug-likeness (QED) is 0.834. The Kier molecular flexibility index (Phi) is 3.13. The Balaban J connectivity index is 2.19. The lowest BCUT2D eigenvalue weighted by Crippen LogP contribution is -2.12. The van der Waals surface area contributed by atoms with E-state index in [1.807, 2.05) is 25.1 Å². The van der Waals surface area contributed by atoms with Gasteiger partial charge in [-0.25, -0.2) is 4.99 Å². The molecule has 1 aromatic carbocycles. The summed E-state index contributed by atoms with van der Waals surface area (Å²) in [5, 5.41) is 7.70. The molecule has 90 valence electrons. The van der Waals surface area contributed by atoms with Crippen LogP contribution in [0.2, 0.25) is 0 Å². The number of amidine groups is 2. The van der Waals surface area contributed by atoms with E-state index in [1.165, 1.54) is 0 Å². The van der Waals surface area contributed by atoms with Gasteiger partial charge in [0, 0.05) is 11.1 Å². The Bertz CT molecular complexity index is 480. The summed E-state index contributed by atoms with van der Waals surface area (Å²) in [5.41, 5.74) is 7.28. The maximum Gasteiger partial charge on any atom is 0.155 e. The third-order valence-corrected chi connectivity index (χ3v) is 2.79. The lowest BCUT2D eigenvalue weighted by molar-refractivity contribution is 0.210. The number of hydrogen-bond acceptors (Lipinski definition) is 3. The van der Waals surface area contributed by atoms with Crippen molar-refractivity contribution in [2.24, 2.45) is 10.7 Å². The fourth-order valence-electron chi connectivity index (χ4n) is 1.95. The Morgan fingerprint density at radius 3 is 2.88 bits per heavy atom. The van der Waals surface area contributed by atoms with E-state index in [2.05, 4.69) is 11.9 Å². The standard InChI is InChI=1S/C13H17N3O/c1-3-4-8(2)17-9-5-6-10-11(7-9)13(15)16-12(10)14/h5-8H,3-4H2,1-2H3,(H3,14,15,16). The molecule has 0 radical (unpaired) electrons. The molecular formula is C13H17N3O. The fraction of sp³-hybridized carbons (Fsp3) is 0.385. The first-order chi connectivity index (χ1) is 8.11. The van der Waals surface area contributed by atoms with Gasteiger partial charge in [-0.2, -0.15) is 0 Å². The van der Waals surface area contributed by atoms with E-state index in [9.17, 15) is 0 Å². The van der Waals surface area contributed by atoms with Gasteiger partial charge in [0.2, 0.25) is 0 Å². The highest BCUT2D eigenvalue weighted by molar-refractivity contribution is 6.20. The summed E-state index contributed by atoms with van der Waals surface area (Å²) in [5.74, 6) is 1.41. The van der Waals surface area contributed by atoms with Gasteiger partial charge >= 0.3 is 0 Å². The molecule has 0 spiro atoms. The fourth-order valence-corrected chi connectivity index (χ4v) is 1.95. The molecular weight excluding hydrogens is 214 g/mol. The molecule has 0 aromatic heterocycles. The zero-order valence-electron chi connectivity index (χ0n) is 10.2. The van der Waals surface area contributed by atoms with E-state index in [-0.39, 0.29) is 11.9 Å². The molecule has 0 saturated carbocycles. The van der Waals surface area contributed by atoms with Crippen LogP contribution in [0.1, 0.15) is 37.8 Å². The first-order valence-corrected chi connectivity index (χ1v) is 5.86. The van der Waals surface area contributed by atoms with Crippen molar-refractivity contribution in [3.8, 4) is 5.75 Å². The number of ether oxygens (including phenoxy) is 1. The zero-order valence-corrected chi connectivity index (χ0v) is 10.2. The van der Waals surface area contributed by atoms with Gasteiger partial charge in [-0.1, -0.05) is 13.3 Å². The van der Waals surface area contributed by atoms with Crippen molar-refractivity contribution < 1.29 is 4.74 Å². The summed E-state index contributed by atoms with van der Waals surface area (Å²) in [6.45, 7) is 4.18. The van der Waals surface area contributed by atoms with Crippen molar-refractivity contribution in [2.45, 2.75) is 32.8 Å². The molecule has 4 heteroatoms. The smallest absolute Gasteiger partial charge is 0.155 e. The lowest BCUT2D eigenvalue weighted by atomic mass is 10.1. The Morgan fingerprint density at radius 2 is 2.18 bits per heavy atom. The lowest BCUT2D eigenvalue weighted by Gasteiger charge is -2.14. The van der Waals surface area contributed by atoms with E-state index >= 15 is 0 Å². The van der Waals surface area contributed by atoms with Crippen molar-refractivity contribution in [2.75, 3.05) is 0 Å². The summed E-state index contributed by atoms with van der Waals surface area (Å²) in [6.07, 6.45) is 2.30. The zero-order chi connectivity index (χ0) is 12.4.